The topological polar surface area (TPSA) is 552 Å². The Morgan fingerprint density at radius 1 is 0.671 bits per heavy atom. The van der Waals surface area contributed by atoms with Crippen molar-refractivity contribution in [1.29, 1.82) is 0 Å². The molecule has 1 fully saturated rings. The molecule has 0 aromatic carbocycles. The molecule has 1 aliphatic heterocycles. The lowest BCUT2D eigenvalue weighted by atomic mass is 9.73. The van der Waals surface area contributed by atoms with Crippen molar-refractivity contribution in [3.8, 4) is 0 Å². The minimum absolute atomic E-state index is 0.0298. The number of nitroso groups, excluding NO2 is 2. The number of amides is 1. The third-order valence-electron chi connectivity index (χ3n) is 12.2. The number of nitrogens with zero attached hydrogens (tertiary/aromatic N) is 6. The third kappa shape index (κ3) is 21.5. The summed E-state index contributed by atoms with van der Waals surface area (Å²) < 4.78 is 4.86. The van der Waals surface area contributed by atoms with Gasteiger partial charge in [-0.2, -0.15) is 9.81 Å². The zero-order valence-corrected chi connectivity index (χ0v) is 39.3. The second-order valence-electron chi connectivity index (χ2n) is 17.7. The van der Waals surface area contributed by atoms with Gasteiger partial charge >= 0.3 is 17.9 Å². The molecule has 0 bridgehead atoms. The summed E-state index contributed by atoms with van der Waals surface area (Å²) in [6, 6.07) is -4.46. The largest absolute Gasteiger partial charge is 0.480 e. The van der Waals surface area contributed by atoms with Crippen molar-refractivity contribution in [3.05, 3.63) is 9.81 Å². The number of hydroxylamine groups is 1. The highest BCUT2D eigenvalue weighted by molar-refractivity contribution is 5.70. The first-order chi connectivity index (χ1) is 34.3. The number of carbonyl (C=O) groups excluding carboxylic acids is 2. The van der Waals surface area contributed by atoms with E-state index in [1.165, 1.54) is 9.80 Å². The lowest BCUT2D eigenvalue weighted by Gasteiger charge is -2.43. The molecular formula is C39H71N7O27. The molecule has 16 atom stereocenters. The molecule has 0 aliphatic carbocycles. The van der Waals surface area contributed by atoms with Crippen LogP contribution in [0.1, 0.15) is 19.3 Å². The van der Waals surface area contributed by atoms with Crippen LogP contribution in [0.5, 0.6) is 0 Å². The first-order valence-corrected chi connectivity index (χ1v) is 22.4. The lowest BCUT2D eigenvalue weighted by molar-refractivity contribution is -0.152. The number of aliphatic carboxylic acids is 3. The number of hydrogen-bond acceptors (Lipinski definition) is 30. The number of hydrogen-bond donors (Lipinski definition) is 19. The van der Waals surface area contributed by atoms with Crippen molar-refractivity contribution in [2.45, 2.75) is 111 Å². The summed E-state index contributed by atoms with van der Waals surface area (Å²) in [7, 11) is 0. The van der Waals surface area contributed by atoms with E-state index < -0.39 is 206 Å². The molecule has 16 unspecified atom stereocenters. The molecular weight excluding hydrogens is 998 g/mol. The fraction of sp³-hybridized carbons (Fsp3) is 0.872. The van der Waals surface area contributed by atoms with E-state index in [0.717, 1.165) is 9.80 Å². The summed E-state index contributed by atoms with van der Waals surface area (Å²) >= 11 is 0. The quantitative estimate of drug-likeness (QED) is 0.00889. The number of aliphatic hydroxyl groups is 15. The Labute approximate surface area is 415 Å². The monoisotopic (exact) mass is 1070 g/mol. The molecule has 0 aromatic heterocycles. The molecule has 0 spiro atoms. The minimum Gasteiger partial charge on any atom is -0.480 e. The van der Waals surface area contributed by atoms with Gasteiger partial charge in [-0.25, -0.2) is 10.4 Å². The fourth-order valence-corrected chi connectivity index (χ4v) is 8.40. The van der Waals surface area contributed by atoms with Crippen molar-refractivity contribution in [1.82, 2.24) is 25.1 Å². The maximum absolute atomic E-state index is 13.2. The maximum atomic E-state index is 13.2. The molecule has 34 nitrogen and oxygen atoms in total. The lowest BCUT2D eigenvalue weighted by Crippen LogP contribution is -2.57. The summed E-state index contributed by atoms with van der Waals surface area (Å²) in [6.07, 6.45) is -31.1. The number of carboxylic acid groups (broad SMARTS) is 3. The summed E-state index contributed by atoms with van der Waals surface area (Å²) in [5, 5.41) is 188. The van der Waals surface area contributed by atoms with Crippen LogP contribution >= 0.6 is 0 Å². The predicted octanol–water partition coefficient (Wildman–Crippen LogP) is -11.1. The molecule has 1 amide bonds. The van der Waals surface area contributed by atoms with Crippen LogP contribution in [0.25, 0.3) is 0 Å². The zero-order chi connectivity index (χ0) is 55.7. The highest BCUT2D eigenvalue weighted by Gasteiger charge is 2.47. The van der Waals surface area contributed by atoms with Gasteiger partial charge in [-0.1, -0.05) is 10.4 Å². The normalized spacial score (nSPS) is 22.5. The van der Waals surface area contributed by atoms with E-state index in [2.05, 4.69) is 15.8 Å². The molecule has 1 saturated heterocycles. The average Bonchev–Trinajstić information content (AvgIpc) is 3.52. The number of carbonyl (C=O) groups is 5. The van der Waals surface area contributed by atoms with Crippen LogP contribution in [0.3, 0.4) is 0 Å². The van der Waals surface area contributed by atoms with Crippen LogP contribution in [0, 0.1) is 21.1 Å². The number of carboxylic acids is 3. The average molecular weight is 1070 g/mol. The van der Waals surface area contributed by atoms with Crippen molar-refractivity contribution >= 4 is 30.8 Å². The van der Waals surface area contributed by atoms with Gasteiger partial charge in [-0.3, -0.25) is 38.6 Å². The van der Waals surface area contributed by atoms with Gasteiger partial charge in [-0.05, 0) is 19.3 Å². The molecule has 0 saturated carbocycles. The molecule has 34 heteroatoms. The van der Waals surface area contributed by atoms with Crippen molar-refractivity contribution in [3.63, 3.8) is 0 Å². The van der Waals surface area contributed by atoms with Gasteiger partial charge in [-0.15, -0.1) is 0 Å². The number of nitrogens with one attached hydrogen (secondary N) is 1. The van der Waals surface area contributed by atoms with Crippen LogP contribution < -0.4 is 5.48 Å². The van der Waals surface area contributed by atoms with Crippen molar-refractivity contribution < 1.29 is 125 Å². The van der Waals surface area contributed by atoms with Gasteiger partial charge in [0.15, 0.2) is 0 Å². The standard InChI is InChI=1S/C39H71N7O27/c47-11-23(52)32(64)35(67)26(55)14-73-40-15-39(5-21(41-70)30(62)36(68)33(65)24(53)12-48,6-22(42-71)31(63)37(69)34(66)25(54)13-49)16-44(17-50)2-1-20-7-43(8-27(56)57)3-4-45(9-28(58)59)38(20)46(10-29(60)61)18-72-19-51/h17,19-26,30-38,40,47-49,52-55,62-69H,1-16,18H2,(H,56,57)(H,58,59)(H,60,61). The van der Waals surface area contributed by atoms with E-state index in [1.807, 2.05) is 0 Å². The number of aliphatic hydroxyl groups excluding tert-OH is 15. The fourth-order valence-electron chi connectivity index (χ4n) is 8.40. The Hall–Kier alpha value is -4.25. The third-order valence-corrected chi connectivity index (χ3v) is 12.2. The molecule has 0 aromatic rings. The van der Waals surface area contributed by atoms with Gasteiger partial charge in [0.05, 0.1) is 45.7 Å². The van der Waals surface area contributed by atoms with Gasteiger partial charge in [0.25, 0.3) is 6.47 Å². The molecule has 1 rings (SSSR count). The van der Waals surface area contributed by atoms with Crippen molar-refractivity contribution in [2.75, 3.05) is 92.1 Å². The molecule has 0 radical (unpaired) electrons. The van der Waals surface area contributed by atoms with Gasteiger partial charge < -0.3 is 102 Å². The van der Waals surface area contributed by atoms with Crippen molar-refractivity contribution in [2.24, 2.45) is 21.7 Å². The van der Waals surface area contributed by atoms with E-state index in [4.69, 9.17) is 14.7 Å². The van der Waals surface area contributed by atoms with E-state index in [9.17, 15) is 121 Å². The maximum Gasteiger partial charge on any atom is 0.317 e. The molecule has 1 aliphatic rings. The smallest absolute Gasteiger partial charge is 0.317 e. The highest BCUT2D eigenvalue weighted by atomic mass is 16.6. The van der Waals surface area contributed by atoms with Gasteiger partial charge in [0.1, 0.15) is 98.6 Å². The van der Waals surface area contributed by atoms with Gasteiger partial charge in [0.2, 0.25) is 6.41 Å². The molecule has 73 heavy (non-hydrogen) atoms. The van der Waals surface area contributed by atoms with E-state index >= 15 is 0 Å². The summed E-state index contributed by atoms with van der Waals surface area (Å²) in [5.74, 6) is -5.33. The first-order valence-electron chi connectivity index (χ1n) is 22.4. The van der Waals surface area contributed by atoms with Gasteiger partial charge in [0, 0.05) is 50.6 Å². The van der Waals surface area contributed by atoms with E-state index in [-0.39, 0.29) is 38.9 Å². The zero-order valence-electron chi connectivity index (χ0n) is 39.3. The van der Waals surface area contributed by atoms with E-state index in [0.29, 0.717) is 0 Å². The summed E-state index contributed by atoms with van der Waals surface area (Å²) in [5.41, 5.74) is 0.0450. The Balaban J connectivity index is 4.16. The van der Waals surface area contributed by atoms with Crippen LogP contribution in [0.2, 0.25) is 0 Å². The van der Waals surface area contributed by atoms with Crippen LogP contribution in [0.15, 0.2) is 10.4 Å². The van der Waals surface area contributed by atoms with Crippen LogP contribution in [0.4, 0.5) is 0 Å². The second kappa shape index (κ2) is 33.6. The molecule has 424 valence electrons. The van der Waals surface area contributed by atoms with Crippen LogP contribution in [-0.2, 0) is 33.5 Å². The number of ether oxygens (including phenoxy) is 1. The molecule has 1 heterocycles. The summed E-state index contributed by atoms with van der Waals surface area (Å²) in [6.45, 7) is -10.5. The Bertz CT molecular complexity index is 1620. The predicted molar refractivity (Wildman–Crippen MR) is 237 cm³/mol. The number of rotatable bonds is 41. The summed E-state index contributed by atoms with van der Waals surface area (Å²) in [4.78, 5) is 95.7. The Morgan fingerprint density at radius 2 is 1.15 bits per heavy atom. The first kappa shape index (κ1) is 66.8. The Kier molecular flexibility index (Phi) is 30.8. The van der Waals surface area contributed by atoms with E-state index in [1.54, 1.807) is 0 Å². The SMILES string of the molecule is O=COCN(CC(=O)O)C1C(CCN(C=O)CC(CNOCC(O)C(O)C(O)C(O)CO)(CC(N=O)C(O)C(O)C(O)C(O)CO)CC(N=O)C(O)C(O)C(O)C(O)CO)CN(CC(=O)O)CCN1CC(=O)O. The molecule has 19 N–H and O–H groups in total. The van der Waals surface area contributed by atoms with Crippen LogP contribution in [-0.4, -0.2) is 326 Å². The highest BCUT2D eigenvalue weighted by Crippen LogP contribution is 2.36. The second-order valence-corrected chi connectivity index (χ2v) is 17.7. The minimum atomic E-state index is -2.52. The Morgan fingerprint density at radius 3 is 1.58 bits per heavy atom.